The molecule has 2 aromatic rings. The largest absolute Gasteiger partial charge is 0.198 e. The highest BCUT2D eigenvalue weighted by Crippen LogP contribution is 2.33. The Balaban J connectivity index is 2.66. The van der Waals surface area contributed by atoms with Gasteiger partial charge in [0.25, 0.3) is 0 Å². The summed E-state index contributed by atoms with van der Waals surface area (Å²) in [5.74, 6) is 0. The minimum atomic E-state index is 0.460. The summed E-state index contributed by atoms with van der Waals surface area (Å²) in [5.41, 5.74) is 1.06. The van der Waals surface area contributed by atoms with Crippen LogP contribution >= 0.6 is 45.5 Å². The van der Waals surface area contributed by atoms with Gasteiger partial charge in [-0.05, 0) is 46.4 Å². The van der Waals surface area contributed by atoms with Crippen molar-refractivity contribution in [3.8, 4) is 6.07 Å². The van der Waals surface area contributed by atoms with Gasteiger partial charge in [-0.1, -0.05) is 11.6 Å². The third-order valence-corrected chi connectivity index (χ3v) is 4.00. The van der Waals surface area contributed by atoms with Crippen molar-refractivity contribution in [2.45, 2.75) is 6.42 Å². The fourth-order valence-electron chi connectivity index (χ4n) is 1.31. The Bertz CT molecular complexity index is 527. The van der Waals surface area contributed by atoms with Crippen molar-refractivity contribution in [2.75, 3.05) is 0 Å². The summed E-state index contributed by atoms with van der Waals surface area (Å²) >= 11 is 9.77. The number of nitrogens with zero attached hydrogens (tertiary/aromatic N) is 1. The molecule has 14 heavy (non-hydrogen) atoms. The number of thiophene rings is 1. The van der Waals surface area contributed by atoms with Gasteiger partial charge >= 0.3 is 0 Å². The molecule has 1 aromatic carbocycles. The average molecular weight is 334 g/mol. The van der Waals surface area contributed by atoms with Crippen molar-refractivity contribution in [2.24, 2.45) is 0 Å². The van der Waals surface area contributed by atoms with E-state index in [9.17, 15) is 0 Å². The zero-order chi connectivity index (χ0) is 10.1. The second kappa shape index (κ2) is 4.05. The molecule has 0 bridgehead atoms. The fraction of sp³-hybridized carbons (Fsp3) is 0.100. The molecule has 1 aromatic heterocycles. The number of hydrogen-bond acceptors (Lipinski definition) is 2. The smallest absolute Gasteiger partial charge is 0.0941 e. The SMILES string of the molecule is N#CCc1cc(I)c2cc(Cl)sc2c1. The number of rotatable bonds is 1. The molecule has 0 unspecified atom stereocenters. The molecule has 1 nitrogen and oxygen atoms in total. The first-order chi connectivity index (χ1) is 6.70. The molecule has 0 fully saturated rings. The van der Waals surface area contributed by atoms with Crippen LogP contribution < -0.4 is 0 Å². The molecule has 1 heterocycles. The third kappa shape index (κ3) is 1.88. The molecule has 4 heteroatoms. The maximum Gasteiger partial charge on any atom is 0.0941 e. The Morgan fingerprint density at radius 2 is 2.21 bits per heavy atom. The van der Waals surface area contributed by atoms with E-state index in [1.165, 1.54) is 5.39 Å². The van der Waals surface area contributed by atoms with Gasteiger partial charge in [0.15, 0.2) is 0 Å². The van der Waals surface area contributed by atoms with Crippen molar-refractivity contribution in [1.82, 2.24) is 0 Å². The van der Waals surface area contributed by atoms with Gasteiger partial charge in [0.1, 0.15) is 0 Å². The van der Waals surface area contributed by atoms with Crippen LogP contribution in [0.1, 0.15) is 5.56 Å². The van der Waals surface area contributed by atoms with Gasteiger partial charge in [0.05, 0.1) is 16.8 Å². The predicted molar refractivity (Wildman–Crippen MR) is 68.9 cm³/mol. The molecule has 0 radical (unpaired) electrons. The van der Waals surface area contributed by atoms with Crippen LogP contribution in [-0.4, -0.2) is 0 Å². The monoisotopic (exact) mass is 333 g/mol. The first-order valence-corrected chi connectivity index (χ1v) is 6.22. The Hall–Kier alpha value is -0.310. The topological polar surface area (TPSA) is 23.8 Å². The molecular formula is C10H5ClINS. The Morgan fingerprint density at radius 3 is 2.93 bits per heavy atom. The van der Waals surface area contributed by atoms with Crippen LogP contribution in [0, 0.1) is 14.9 Å². The molecule has 0 aliphatic heterocycles. The number of nitriles is 1. The lowest BCUT2D eigenvalue weighted by molar-refractivity contribution is 1.27. The van der Waals surface area contributed by atoms with E-state index in [-0.39, 0.29) is 0 Å². The Labute approximate surface area is 104 Å². The predicted octanol–water partition coefficient (Wildman–Crippen LogP) is 4.23. The zero-order valence-corrected chi connectivity index (χ0v) is 10.8. The third-order valence-electron chi connectivity index (χ3n) is 1.90. The molecule has 0 saturated carbocycles. The zero-order valence-electron chi connectivity index (χ0n) is 7.05. The molecule has 0 atom stereocenters. The summed E-state index contributed by atoms with van der Waals surface area (Å²) in [6.07, 6.45) is 0.460. The molecular weight excluding hydrogens is 329 g/mol. The summed E-state index contributed by atoms with van der Waals surface area (Å²) in [5, 5.41) is 9.80. The van der Waals surface area contributed by atoms with Crippen LogP contribution in [-0.2, 0) is 6.42 Å². The molecule has 2 rings (SSSR count). The van der Waals surface area contributed by atoms with Crippen LogP contribution in [0.15, 0.2) is 18.2 Å². The highest BCUT2D eigenvalue weighted by Gasteiger charge is 2.05. The molecule has 0 aliphatic rings. The molecule has 0 aliphatic carbocycles. The van der Waals surface area contributed by atoms with Gasteiger partial charge in [0.2, 0.25) is 0 Å². The summed E-state index contributed by atoms with van der Waals surface area (Å²) in [4.78, 5) is 0. The van der Waals surface area contributed by atoms with Crippen molar-refractivity contribution >= 4 is 55.6 Å². The number of halogens is 2. The second-order valence-corrected chi connectivity index (χ2v) is 5.75. The molecule has 0 saturated heterocycles. The first kappa shape index (κ1) is 10.2. The highest BCUT2D eigenvalue weighted by atomic mass is 127. The van der Waals surface area contributed by atoms with Crippen molar-refractivity contribution in [3.63, 3.8) is 0 Å². The van der Waals surface area contributed by atoms with Crippen molar-refractivity contribution < 1.29 is 0 Å². The van der Waals surface area contributed by atoms with Crippen LogP contribution in [0.4, 0.5) is 0 Å². The van der Waals surface area contributed by atoms with Crippen LogP contribution in [0.2, 0.25) is 4.34 Å². The minimum Gasteiger partial charge on any atom is -0.198 e. The van der Waals surface area contributed by atoms with Gasteiger partial charge in [0, 0.05) is 13.7 Å². The van der Waals surface area contributed by atoms with Gasteiger partial charge < -0.3 is 0 Å². The second-order valence-electron chi connectivity index (χ2n) is 2.87. The van der Waals surface area contributed by atoms with Gasteiger partial charge in [-0.25, -0.2) is 0 Å². The van der Waals surface area contributed by atoms with E-state index in [1.807, 2.05) is 18.2 Å². The van der Waals surface area contributed by atoms with E-state index in [1.54, 1.807) is 11.3 Å². The van der Waals surface area contributed by atoms with Crippen LogP contribution in [0.25, 0.3) is 10.1 Å². The Morgan fingerprint density at radius 1 is 1.43 bits per heavy atom. The lowest BCUT2D eigenvalue weighted by atomic mass is 10.1. The van der Waals surface area contributed by atoms with E-state index >= 15 is 0 Å². The first-order valence-electron chi connectivity index (χ1n) is 3.95. The molecule has 0 amide bonds. The maximum atomic E-state index is 8.61. The van der Waals surface area contributed by atoms with E-state index in [2.05, 4.69) is 28.7 Å². The summed E-state index contributed by atoms with van der Waals surface area (Å²) in [6, 6.07) is 8.20. The molecule has 70 valence electrons. The van der Waals surface area contributed by atoms with E-state index in [0.29, 0.717) is 6.42 Å². The van der Waals surface area contributed by atoms with Gasteiger partial charge in [-0.2, -0.15) is 5.26 Å². The highest BCUT2D eigenvalue weighted by molar-refractivity contribution is 14.1. The minimum absolute atomic E-state index is 0.460. The van der Waals surface area contributed by atoms with Gasteiger partial charge in [-0.3, -0.25) is 0 Å². The summed E-state index contributed by atoms with van der Waals surface area (Å²) < 4.78 is 3.12. The van der Waals surface area contributed by atoms with Crippen LogP contribution in [0.5, 0.6) is 0 Å². The normalized spacial score (nSPS) is 10.4. The summed E-state index contributed by atoms with van der Waals surface area (Å²) in [6.45, 7) is 0. The number of benzene rings is 1. The lowest BCUT2D eigenvalue weighted by Gasteiger charge is -1.97. The average Bonchev–Trinajstić information content (AvgIpc) is 2.47. The summed E-state index contributed by atoms with van der Waals surface area (Å²) in [7, 11) is 0. The number of fused-ring (bicyclic) bond motifs is 1. The fourth-order valence-corrected chi connectivity index (χ4v) is 3.58. The van der Waals surface area contributed by atoms with E-state index < -0.39 is 0 Å². The van der Waals surface area contributed by atoms with E-state index in [4.69, 9.17) is 16.9 Å². The van der Waals surface area contributed by atoms with Crippen LogP contribution in [0.3, 0.4) is 0 Å². The molecule has 0 spiro atoms. The quantitative estimate of drug-likeness (QED) is 0.717. The number of hydrogen-bond donors (Lipinski definition) is 0. The standard InChI is InChI=1S/C10H5ClINS/c11-10-5-7-8(12)3-6(1-2-13)4-9(7)14-10/h3-5H,1H2. The van der Waals surface area contributed by atoms with Crippen molar-refractivity contribution in [1.29, 1.82) is 5.26 Å². The van der Waals surface area contributed by atoms with Gasteiger partial charge in [-0.15, -0.1) is 11.3 Å². The van der Waals surface area contributed by atoms with Crippen molar-refractivity contribution in [3.05, 3.63) is 31.7 Å². The lowest BCUT2D eigenvalue weighted by Crippen LogP contribution is -1.82. The molecule has 0 N–H and O–H groups in total. The Kier molecular flexibility index (Phi) is 2.96. The van der Waals surface area contributed by atoms with E-state index in [0.717, 1.165) is 18.2 Å². The maximum absolute atomic E-state index is 8.61.